The van der Waals surface area contributed by atoms with Gasteiger partial charge in [0.2, 0.25) is 11.9 Å². The van der Waals surface area contributed by atoms with Crippen LogP contribution in [0.2, 0.25) is 0 Å². The molecule has 0 unspecified atom stereocenters. The van der Waals surface area contributed by atoms with Crippen LogP contribution in [0.3, 0.4) is 0 Å². The molecule has 1 heterocycles. The van der Waals surface area contributed by atoms with Gasteiger partial charge in [-0.3, -0.25) is 4.90 Å². The van der Waals surface area contributed by atoms with E-state index < -0.39 is 0 Å². The molecule has 25 heavy (non-hydrogen) atoms. The minimum absolute atomic E-state index is 0.000641. The lowest BCUT2D eigenvalue weighted by molar-refractivity contribution is 0.243. The average Bonchev–Trinajstić information content (AvgIpc) is 2.59. The van der Waals surface area contributed by atoms with Crippen LogP contribution in [0.5, 0.6) is 5.75 Å². The maximum Gasteiger partial charge on any atom is 0.229 e. The summed E-state index contributed by atoms with van der Waals surface area (Å²) in [4.78, 5) is 16.9. The minimum atomic E-state index is 0.000641. The summed E-state index contributed by atoms with van der Waals surface area (Å²) in [5, 5.41) is 0. The van der Waals surface area contributed by atoms with Gasteiger partial charge in [0.15, 0.2) is 5.82 Å². The quantitative estimate of drug-likeness (QED) is 0.737. The van der Waals surface area contributed by atoms with Crippen molar-refractivity contribution in [1.82, 2.24) is 19.9 Å². The van der Waals surface area contributed by atoms with E-state index in [9.17, 15) is 0 Å². The van der Waals surface area contributed by atoms with Crippen molar-refractivity contribution in [1.29, 1.82) is 0 Å². The van der Waals surface area contributed by atoms with Gasteiger partial charge in [-0.05, 0) is 31.7 Å². The normalized spacial score (nSPS) is 12.0. The van der Waals surface area contributed by atoms with Crippen molar-refractivity contribution < 1.29 is 4.74 Å². The molecule has 0 radical (unpaired) electrons. The second-order valence-electron chi connectivity index (χ2n) is 6.08. The van der Waals surface area contributed by atoms with Crippen LogP contribution in [0, 0.1) is 0 Å². The van der Waals surface area contributed by atoms with E-state index in [4.69, 9.17) is 10.5 Å². The molecule has 1 aromatic heterocycles. The first kappa shape index (κ1) is 18.7. The van der Waals surface area contributed by atoms with Crippen molar-refractivity contribution in [3.63, 3.8) is 0 Å². The largest absolute Gasteiger partial charge is 0.490 e. The second kappa shape index (κ2) is 8.43. The molecule has 0 saturated carbocycles. The number of hydrogen-bond acceptors (Lipinski definition) is 7. The minimum Gasteiger partial charge on any atom is -0.490 e. The van der Waals surface area contributed by atoms with Gasteiger partial charge in [0.25, 0.3) is 0 Å². The van der Waals surface area contributed by atoms with Gasteiger partial charge >= 0.3 is 0 Å². The second-order valence-corrected chi connectivity index (χ2v) is 6.08. The molecule has 2 aromatic rings. The van der Waals surface area contributed by atoms with Crippen molar-refractivity contribution in [2.24, 2.45) is 0 Å². The maximum absolute atomic E-state index is 5.82. The summed E-state index contributed by atoms with van der Waals surface area (Å²) in [6, 6.07) is 8.02. The Morgan fingerprint density at radius 3 is 2.44 bits per heavy atom. The molecule has 0 spiro atoms. The summed E-state index contributed by atoms with van der Waals surface area (Å²) < 4.78 is 5.50. The standard InChI is InChI=1S/C18H26N6O/c1-6-11-25-15-9-7-14(8-10-15)12-24(5)13(2)16-20-17(19)22-18(21-16)23(3)4/h6-10,13H,1,11-12H2,2-5H3,(H2,19,20,21,22)/t13-/m0/s1. The molecule has 0 amide bonds. The molecular formula is C18H26N6O. The van der Waals surface area contributed by atoms with Crippen molar-refractivity contribution in [3.8, 4) is 5.75 Å². The molecule has 1 aromatic carbocycles. The fourth-order valence-electron chi connectivity index (χ4n) is 2.25. The summed E-state index contributed by atoms with van der Waals surface area (Å²) in [6.45, 7) is 6.96. The molecule has 0 aliphatic rings. The van der Waals surface area contributed by atoms with Gasteiger partial charge in [0, 0.05) is 20.6 Å². The molecule has 0 saturated heterocycles. The highest BCUT2D eigenvalue weighted by Gasteiger charge is 2.17. The van der Waals surface area contributed by atoms with E-state index >= 15 is 0 Å². The van der Waals surface area contributed by atoms with Crippen LogP contribution in [0.15, 0.2) is 36.9 Å². The van der Waals surface area contributed by atoms with E-state index in [1.54, 1.807) is 6.08 Å². The number of anilines is 2. The lowest BCUT2D eigenvalue weighted by atomic mass is 10.2. The highest BCUT2D eigenvalue weighted by molar-refractivity contribution is 5.33. The number of nitrogens with two attached hydrogens (primary N) is 1. The van der Waals surface area contributed by atoms with Crippen LogP contribution in [-0.4, -0.2) is 47.6 Å². The highest BCUT2D eigenvalue weighted by atomic mass is 16.5. The first-order chi connectivity index (χ1) is 11.9. The van der Waals surface area contributed by atoms with E-state index in [1.165, 1.54) is 5.56 Å². The summed E-state index contributed by atoms with van der Waals surface area (Å²) in [5.41, 5.74) is 6.99. The Morgan fingerprint density at radius 2 is 1.84 bits per heavy atom. The Kier molecular flexibility index (Phi) is 6.30. The van der Waals surface area contributed by atoms with Crippen LogP contribution < -0.4 is 15.4 Å². The number of rotatable bonds is 8. The fraction of sp³-hybridized carbons (Fsp3) is 0.389. The van der Waals surface area contributed by atoms with E-state index in [1.807, 2.05) is 38.2 Å². The van der Waals surface area contributed by atoms with Crippen molar-refractivity contribution in [2.45, 2.75) is 19.5 Å². The molecule has 7 nitrogen and oxygen atoms in total. The lowest BCUT2D eigenvalue weighted by Crippen LogP contribution is -2.25. The average molecular weight is 342 g/mol. The molecule has 2 N–H and O–H groups in total. The van der Waals surface area contributed by atoms with Gasteiger partial charge in [-0.2, -0.15) is 15.0 Å². The monoisotopic (exact) mass is 342 g/mol. The van der Waals surface area contributed by atoms with Gasteiger partial charge in [-0.25, -0.2) is 0 Å². The molecule has 0 fully saturated rings. The van der Waals surface area contributed by atoms with Gasteiger partial charge < -0.3 is 15.4 Å². The maximum atomic E-state index is 5.82. The fourth-order valence-corrected chi connectivity index (χ4v) is 2.25. The Bertz CT molecular complexity index is 701. The summed E-state index contributed by atoms with van der Waals surface area (Å²) >= 11 is 0. The topological polar surface area (TPSA) is 80.4 Å². The molecule has 1 atom stereocenters. The number of nitrogen functional groups attached to an aromatic ring is 1. The summed E-state index contributed by atoms with van der Waals surface area (Å²) in [7, 11) is 5.79. The molecule has 134 valence electrons. The number of hydrogen-bond donors (Lipinski definition) is 1. The Hall–Kier alpha value is -2.67. The van der Waals surface area contributed by atoms with Crippen LogP contribution >= 0.6 is 0 Å². The zero-order valence-corrected chi connectivity index (χ0v) is 15.3. The first-order valence-corrected chi connectivity index (χ1v) is 8.12. The molecule has 0 aliphatic carbocycles. The van der Waals surface area contributed by atoms with Crippen LogP contribution in [0.4, 0.5) is 11.9 Å². The van der Waals surface area contributed by atoms with Crippen LogP contribution in [0.1, 0.15) is 24.4 Å². The first-order valence-electron chi connectivity index (χ1n) is 8.12. The van der Waals surface area contributed by atoms with Gasteiger partial charge in [0.1, 0.15) is 12.4 Å². The predicted octanol–water partition coefficient (Wildman–Crippen LogP) is 2.28. The zero-order chi connectivity index (χ0) is 18.4. The number of aromatic nitrogens is 3. The Morgan fingerprint density at radius 1 is 1.16 bits per heavy atom. The number of ether oxygens (including phenoxy) is 1. The molecule has 2 rings (SSSR count). The third-order valence-corrected chi connectivity index (χ3v) is 3.82. The van der Waals surface area contributed by atoms with Crippen LogP contribution in [0.25, 0.3) is 0 Å². The van der Waals surface area contributed by atoms with Gasteiger partial charge in [0.05, 0.1) is 6.04 Å². The zero-order valence-electron chi connectivity index (χ0n) is 15.3. The smallest absolute Gasteiger partial charge is 0.229 e. The molecule has 0 aliphatic heterocycles. The van der Waals surface area contributed by atoms with E-state index in [2.05, 4.69) is 45.5 Å². The van der Waals surface area contributed by atoms with E-state index in [0.29, 0.717) is 18.4 Å². The Balaban J connectivity index is 2.07. The highest BCUT2D eigenvalue weighted by Crippen LogP contribution is 2.21. The van der Waals surface area contributed by atoms with Crippen molar-refractivity contribution in [2.75, 3.05) is 38.4 Å². The van der Waals surface area contributed by atoms with E-state index in [-0.39, 0.29) is 12.0 Å². The molecule has 0 bridgehead atoms. The number of nitrogens with zero attached hydrogens (tertiary/aromatic N) is 5. The summed E-state index contributed by atoms with van der Waals surface area (Å²) in [5.74, 6) is 2.29. The van der Waals surface area contributed by atoms with Gasteiger partial charge in [-0.15, -0.1) is 0 Å². The van der Waals surface area contributed by atoms with Crippen molar-refractivity contribution in [3.05, 3.63) is 48.3 Å². The van der Waals surface area contributed by atoms with E-state index in [0.717, 1.165) is 12.3 Å². The van der Waals surface area contributed by atoms with Gasteiger partial charge in [-0.1, -0.05) is 24.8 Å². The predicted molar refractivity (Wildman–Crippen MR) is 101 cm³/mol. The third kappa shape index (κ3) is 5.15. The lowest BCUT2D eigenvalue weighted by Gasteiger charge is -2.24. The third-order valence-electron chi connectivity index (χ3n) is 3.82. The van der Waals surface area contributed by atoms with Crippen molar-refractivity contribution >= 4 is 11.9 Å². The molecular weight excluding hydrogens is 316 g/mol. The molecule has 7 heteroatoms. The number of benzene rings is 1. The Labute approximate surface area is 149 Å². The SMILES string of the molecule is C=CCOc1ccc(CN(C)[C@@H](C)c2nc(N)nc(N(C)C)n2)cc1. The van der Waals surface area contributed by atoms with Crippen LogP contribution in [-0.2, 0) is 6.54 Å². The summed E-state index contributed by atoms with van der Waals surface area (Å²) in [6.07, 6.45) is 1.73.